The summed E-state index contributed by atoms with van der Waals surface area (Å²) in [6, 6.07) is 7.80. The van der Waals surface area contributed by atoms with Crippen molar-refractivity contribution in [3.8, 4) is 5.75 Å². The Morgan fingerprint density at radius 2 is 2.08 bits per heavy atom. The number of nitrogens with one attached hydrogen (secondary N) is 2. The third kappa shape index (κ3) is 2.54. The van der Waals surface area contributed by atoms with Gasteiger partial charge >= 0.3 is 0 Å². The van der Waals surface area contributed by atoms with Crippen LogP contribution in [0.5, 0.6) is 5.75 Å². The van der Waals surface area contributed by atoms with Gasteiger partial charge in [0.2, 0.25) is 0 Å². The van der Waals surface area contributed by atoms with Crippen LogP contribution >= 0.6 is 0 Å². The Bertz CT molecular complexity index is 948. The van der Waals surface area contributed by atoms with Crippen molar-refractivity contribution in [3.05, 3.63) is 47.3 Å². The Labute approximate surface area is 138 Å². The maximum absolute atomic E-state index is 12.4. The molecule has 0 aliphatic carbocycles. The molecule has 1 aromatic carbocycles. The van der Waals surface area contributed by atoms with E-state index in [-0.39, 0.29) is 5.91 Å². The van der Waals surface area contributed by atoms with E-state index >= 15 is 0 Å². The van der Waals surface area contributed by atoms with Crippen molar-refractivity contribution in [1.29, 1.82) is 0 Å². The molecule has 0 radical (unpaired) electrons. The number of benzene rings is 1. The number of aromatic nitrogens is 3. The van der Waals surface area contributed by atoms with Crippen LogP contribution in [0.1, 0.15) is 21.6 Å². The number of carbonyl (C=O) groups excluding carboxylic acids is 1. The van der Waals surface area contributed by atoms with E-state index in [9.17, 15) is 4.79 Å². The first-order chi connectivity index (χ1) is 11.6. The Hall–Kier alpha value is -3.09. The molecule has 0 saturated carbocycles. The Morgan fingerprint density at radius 1 is 1.21 bits per heavy atom. The molecule has 4 rings (SSSR count). The van der Waals surface area contributed by atoms with Gasteiger partial charge in [-0.1, -0.05) is 0 Å². The van der Waals surface area contributed by atoms with Gasteiger partial charge in [-0.05, 0) is 31.5 Å². The molecular formula is C17H17N5O2. The summed E-state index contributed by atoms with van der Waals surface area (Å²) in [5.74, 6) is 1.21. The van der Waals surface area contributed by atoms with Gasteiger partial charge in [0.1, 0.15) is 23.7 Å². The van der Waals surface area contributed by atoms with Crippen LogP contribution in [0.15, 0.2) is 30.5 Å². The number of nitrogens with zero attached hydrogens (tertiary/aromatic N) is 3. The number of ether oxygens (including phenoxy) is 1. The highest BCUT2D eigenvalue weighted by Crippen LogP contribution is 2.25. The molecule has 0 unspecified atom stereocenters. The van der Waals surface area contributed by atoms with Crippen molar-refractivity contribution >= 4 is 23.1 Å². The molecule has 1 aliphatic heterocycles. The van der Waals surface area contributed by atoms with E-state index in [1.165, 1.54) is 0 Å². The minimum Gasteiger partial charge on any atom is -0.492 e. The fraction of sp³-hybridized carbons (Fsp3) is 0.235. The highest BCUT2D eigenvalue weighted by molar-refractivity contribution is 5.99. The minimum atomic E-state index is -0.209. The summed E-state index contributed by atoms with van der Waals surface area (Å²) < 4.78 is 7.40. The number of carbonyl (C=O) groups is 1. The fourth-order valence-corrected chi connectivity index (χ4v) is 2.82. The summed E-state index contributed by atoms with van der Waals surface area (Å²) in [4.78, 5) is 16.9. The molecule has 122 valence electrons. The summed E-state index contributed by atoms with van der Waals surface area (Å²) in [5.41, 5.74) is 3.84. The third-order valence-corrected chi connectivity index (χ3v) is 3.87. The Kier molecular flexibility index (Phi) is 3.34. The van der Waals surface area contributed by atoms with Gasteiger partial charge in [-0.15, -0.1) is 0 Å². The van der Waals surface area contributed by atoms with Gasteiger partial charge in [-0.2, -0.15) is 5.10 Å². The first kappa shape index (κ1) is 14.5. The molecular weight excluding hydrogens is 306 g/mol. The normalized spacial score (nSPS) is 14.2. The molecule has 0 spiro atoms. The van der Waals surface area contributed by atoms with Crippen LogP contribution in [0.2, 0.25) is 0 Å². The summed E-state index contributed by atoms with van der Waals surface area (Å²) >= 11 is 0. The first-order valence-electron chi connectivity index (χ1n) is 7.75. The number of anilines is 2. The van der Waals surface area contributed by atoms with Crippen molar-refractivity contribution in [1.82, 2.24) is 19.9 Å². The predicted molar refractivity (Wildman–Crippen MR) is 90.0 cm³/mol. The first-order valence-corrected chi connectivity index (χ1v) is 7.75. The van der Waals surface area contributed by atoms with Gasteiger partial charge in [0.25, 0.3) is 5.91 Å². The average molecular weight is 323 g/mol. The molecule has 24 heavy (non-hydrogen) atoms. The second kappa shape index (κ2) is 5.52. The maximum atomic E-state index is 12.4. The predicted octanol–water partition coefficient (Wildman–Crippen LogP) is 2.21. The zero-order valence-electron chi connectivity index (χ0n) is 13.5. The largest absolute Gasteiger partial charge is 0.492 e. The lowest BCUT2D eigenvalue weighted by atomic mass is 10.2. The molecule has 2 N–H and O–H groups in total. The van der Waals surface area contributed by atoms with E-state index in [2.05, 4.69) is 20.7 Å². The molecule has 7 nitrogen and oxygen atoms in total. The van der Waals surface area contributed by atoms with Crippen molar-refractivity contribution in [2.45, 2.75) is 13.8 Å². The molecule has 3 heterocycles. The SMILES string of the molecule is Cc1cc2cc(c1)OCCNC(=O)c1cnn3c(C)cc(nc13)N2. The molecule has 2 aromatic heterocycles. The van der Waals surface area contributed by atoms with E-state index in [0.717, 1.165) is 22.7 Å². The maximum Gasteiger partial charge on any atom is 0.256 e. The molecule has 0 fully saturated rings. The van der Waals surface area contributed by atoms with E-state index < -0.39 is 0 Å². The van der Waals surface area contributed by atoms with Crippen molar-refractivity contribution < 1.29 is 9.53 Å². The van der Waals surface area contributed by atoms with Crippen LogP contribution in [0.4, 0.5) is 11.5 Å². The van der Waals surface area contributed by atoms with Crippen molar-refractivity contribution in [2.24, 2.45) is 0 Å². The van der Waals surface area contributed by atoms with E-state index in [4.69, 9.17) is 4.74 Å². The fourth-order valence-electron chi connectivity index (χ4n) is 2.82. The summed E-state index contributed by atoms with van der Waals surface area (Å²) in [6.45, 7) is 4.74. The van der Waals surface area contributed by atoms with Gasteiger partial charge in [0, 0.05) is 23.5 Å². The van der Waals surface area contributed by atoms with Crippen LogP contribution < -0.4 is 15.4 Å². The van der Waals surface area contributed by atoms with Crippen molar-refractivity contribution in [3.63, 3.8) is 0 Å². The molecule has 0 saturated heterocycles. The quantitative estimate of drug-likeness (QED) is 0.663. The zero-order chi connectivity index (χ0) is 16.7. The van der Waals surface area contributed by atoms with E-state index in [1.807, 2.05) is 38.1 Å². The lowest BCUT2D eigenvalue weighted by molar-refractivity contribution is 0.0948. The molecule has 1 aliphatic rings. The monoisotopic (exact) mass is 323 g/mol. The number of hydrogen-bond donors (Lipinski definition) is 2. The van der Waals surface area contributed by atoms with Gasteiger partial charge in [-0.25, -0.2) is 9.50 Å². The van der Waals surface area contributed by atoms with Crippen LogP contribution in [0.3, 0.4) is 0 Å². The molecule has 7 heteroatoms. The smallest absolute Gasteiger partial charge is 0.256 e. The van der Waals surface area contributed by atoms with Crippen LogP contribution in [0.25, 0.3) is 5.65 Å². The second-order valence-electron chi connectivity index (χ2n) is 5.84. The lowest BCUT2D eigenvalue weighted by Crippen LogP contribution is -2.28. The second-order valence-corrected chi connectivity index (χ2v) is 5.84. The highest BCUT2D eigenvalue weighted by atomic mass is 16.5. The molecule has 0 atom stereocenters. The van der Waals surface area contributed by atoms with Gasteiger partial charge in [0.15, 0.2) is 5.65 Å². The van der Waals surface area contributed by atoms with E-state index in [0.29, 0.717) is 30.2 Å². The third-order valence-electron chi connectivity index (χ3n) is 3.87. The topological polar surface area (TPSA) is 80.5 Å². The lowest BCUT2D eigenvalue weighted by Gasteiger charge is -2.11. The molecule has 3 aromatic rings. The van der Waals surface area contributed by atoms with E-state index in [1.54, 1.807) is 10.7 Å². The number of aryl methyl sites for hydroxylation is 2. The van der Waals surface area contributed by atoms with Crippen LogP contribution in [-0.4, -0.2) is 33.7 Å². The molecule has 4 bridgehead atoms. The van der Waals surface area contributed by atoms with Crippen LogP contribution in [-0.2, 0) is 0 Å². The van der Waals surface area contributed by atoms with Crippen LogP contribution in [0, 0.1) is 13.8 Å². The number of hydrogen-bond acceptors (Lipinski definition) is 5. The summed E-state index contributed by atoms with van der Waals surface area (Å²) in [6.07, 6.45) is 1.54. The highest BCUT2D eigenvalue weighted by Gasteiger charge is 2.16. The number of fused-ring (bicyclic) bond motifs is 3. The number of rotatable bonds is 0. The zero-order valence-corrected chi connectivity index (χ0v) is 13.5. The Morgan fingerprint density at radius 3 is 2.96 bits per heavy atom. The average Bonchev–Trinajstić information content (AvgIpc) is 2.94. The number of amides is 1. The molecule has 1 amide bonds. The van der Waals surface area contributed by atoms with Gasteiger partial charge in [0.05, 0.1) is 12.7 Å². The minimum absolute atomic E-state index is 0.209. The Balaban J connectivity index is 1.88. The summed E-state index contributed by atoms with van der Waals surface area (Å²) in [7, 11) is 0. The van der Waals surface area contributed by atoms with Gasteiger partial charge in [-0.3, -0.25) is 4.79 Å². The van der Waals surface area contributed by atoms with Crippen molar-refractivity contribution in [2.75, 3.05) is 18.5 Å². The standard InChI is InChI=1S/C17H17N5O2/c1-10-5-12-8-13(6-10)24-4-3-18-17(23)14-9-19-22-11(2)7-15(20-12)21-16(14)22/h5-9H,3-4H2,1-2H3,(H,18,23)(H,20,21). The summed E-state index contributed by atoms with van der Waals surface area (Å²) in [5, 5.41) is 10.4. The van der Waals surface area contributed by atoms with Gasteiger partial charge < -0.3 is 15.4 Å².